The van der Waals surface area contributed by atoms with Crippen molar-refractivity contribution in [1.29, 1.82) is 0 Å². The smallest absolute Gasteiger partial charge is 0.241 e. The Morgan fingerprint density at radius 2 is 1.59 bits per heavy atom. The van der Waals surface area contributed by atoms with Crippen molar-refractivity contribution in [1.82, 2.24) is 25.3 Å². The van der Waals surface area contributed by atoms with Crippen LogP contribution < -0.4 is 5.32 Å². The second kappa shape index (κ2) is 10.6. The molecule has 178 valence electrons. The third-order valence-corrected chi connectivity index (χ3v) is 6.10. The van der Waals surface area contributed by atoms with Crippen LogP contribution in [0.1, 0.15) is 42.0 Å². The number of carbonyl (C=O) groups is 2. The molecule has 3 aromatic rings. The summed E-state index contributed by atoms with van der Waals surface area (Å²) in [5, 5.41) is 7.02. The normalized spacial score (nSPS) is 15.2. The van der Waals surface area contributed by atoms with E-state index < -0.39 is 0 Å². The fourth-order valence-electron chi connectivity index (χ4n) is 4.09. The minimum Gasteiger partial charge on any atom is -0.349 e. The van der Waals surface area contributed by atoms with Gasteiger partial charge in [0.2, 0.25) is 23.5 Å². The number of carbonyl (C=O) groups excluding carboxylic acids is 2. The number of hydrogen-bond donors (Lipinski definition) is 1. The van der Waals surface area contributed by atoms with Crippen LogP contribution in [0.4, 0.5) is 0 Å². The van der Waals surface area contributed by atoms with Gasteiger partial charge in [-0.25, -0.2) is 0 Å². The molecule has 1 saturated heterocycles. The second-order valence-corrected chi connectivity index (χ2v) is 8.90. The molecule has 0 saturated carbocycles. The molecule has 34 heavy (non-hydrogen) atoms. The molecular weight excluding hydrogens is 430 g/mol. The molecule has 1 aliphatic rings. The molecule has 1 aromatic heterocycles. The number of benzene rings is 2. The SMILES string of the molecule is CC(=O)NC(CC(=O)N1CCN(Cc2nc(-c3ccc(C)cc3)no2)CC1)c1ccc(C)cc1. The van der Waals surface area contributed by atoms with Crippen molar-refractivity contribution in [3.05, 3.63) is 71.1 Å². The number of rotatable bonds is 7. The van der Waals surface area contributed by atoms with Crippen molar-refractivity contribution in [2.24, 2.45) is 0 Å². The van der Waals surface area contributed by atoms with E-state index in [4.69, 9.17) is 4.52 Å². The van der Waals surface area contributed by atoms with Crippen LogP contribution in [0, 0.1) is 13.8 Å². The predicted octanol–water partition coefficient (Wildman–Crippen LogP) is 3.27. The molecular formula is C26H31N5O3. The van der Waals surface area contributed by atoms with Crippen molar-refractivity contribution in [2.45, 2.75) is 39.8 Å². The van der Waals surface area contributed by atoms with E-state index in [0.29, 0.717) is 31.3 Å². The van der Waals surface area contributed by atoms with Crippen LogP contribution >= 0.6 is 0 Å². The number of nitrogens with zero attached hydrogens (tertiary/aromatic N) is 4. The molecule has 4 rings (SSSR count). The number of aryl methyl sites for hydroxylation is 2. The van der Waals surface area contributed by atoms with E-state index in [2.05, 4.69) is 20.4 Å². The van der Waals surface area contributed by atoms with Crippen LogP contribution in [0.3, 0.4) is 0 Å². The first-order valence-corrected chi connectivity index (χ1v) is 11.6. The lowest BCUT2D eigenvalue weighted by Gasteiger charge is -2.34. The Balaban J connectivity index is 1.30. The van der Waals surface area contributed by atoms with Crippen molar-refractivity contribution < 1.29 is 14.1 Å². The lowest BCUT2D eigenvalue weighted by atomic mass is 10.0. The largest absolute Gasteiger partial charge is 0.349 e. The predicted molar refractivity (Wildman–Crippen MR) is 129 cm³/mol. The van der Waals surface area contributed by atoms with Crippen LogP contribution in [0.2, 0.25) is 0 Å². The quantitative estimate of drug-likeness (QED) is 0.581. The fraction of sp³-hybridized carbons (Fsp3) is 0.385. The summed E-state index contributed by atoms with van der Waals surface area (Å²) in [4.78, 5) is 33.3. The first kappa shape index (κ1) is 23.6. The molecule has 0 spiro atoms. The van der Waals surface area contributed by atoms with Gasteiger partial charge in [-0.1, -0.05) is 64.8 Å². The molecule has 1 atom stereocenters. The molecule has 1 unspecified atom stereocenters. The van der Waals surface area contributed by atoms with E-state index in [-0.39, 0.29) is 24.3 Å². The molecule has 8 nitrogen and oxygen atoms in total. The van der Waals surface area contributed by atoms with Gasteiger partial charge < -0.3 is 14.7 Å². The number of piperazine rings is 1. The zero-order valence-electron chi connectivity index (χ0n) is 20.0. The summed E-state index contributed by atoms with van der Waals surface area (Å²) in [5.41, 5.74) is 4.19. The molecule has 1 aliphatic heterocycles. The Bertz CT molecular complexity index is 1120. The molecule has 0 radical (unpaired) electrons. The Labute approximate surface area is 199 Å². The Kier molecular flexibility index (Phi) is 7.37. The van der Waals surface area contributed by atoms with E-state index in [1.807, 2.05) is 67.3 Å². The summed E-state index contributed by atoms with van der Waals surface area (Å²) >= 11 is 0. The number of aromatic nitrogens is 2. The van der Waals surface area contributed by atoms with Crippen LogP contribution in [-0.4, -0.2) is 57.9 Å². The van der Waals surface area contributed by atoms with Gasteiger partial charge in [-0.2, -0.15) is 4.98 Å². The van der Waals surface area contributed by atoms with E-state index >= 15 is 0 Å². The van der Waals surface area contributed by atoms with Gasteiger partial charge in [0.1, 0.15) is 0 Å². The fourth-order valence-corrected chi connectivity index (χ4v) is 4.09. The highest BCUT2D eigenvalue weighted by Gasteiger charge is 2.25. The molecule has 8 heteroatoms. The highest BCUT2D eigenvalue weighted by molar-refractivity contribution is 5.79. The molecule has 2 heterocycles. The summed E-state index contributed by atoms with van der Waals surface area (Å²) in [7, 11) is 0. The van der Waals surface area contributed by atoms with Gasteiger partial charge in [0.15, 0.2) is 0 Å². The van der Waals surface area contributed by atoms with Crippen LogP contribution in [0.25, 0.3) is 11.4 Å². The standard InChI is InChI=1S/C26H31N5O3/c1-18-4-8-21(9-5-18)23(27-20(3)32)16-25(33)31-14-12-30(13-15-31)17-24-28-26(29-34-24)22-10-6-19(2)7-11-22/h4-11,23H,12-17H2,1-3H3,(H,27,32). The third-order valence-electron chi connectivity index (χ3n) is 6.10. The summed E-state index contributed by atoms with van der Waals surface area (Å²) in [6.07, 6.45) is 0.242. The van der Waals surface area contributed by atoms with Gasteiger partial charge in [-0.3, -0.25) is 14.5 Å². The van der Waals surface area contributed by atoms with E-state index in [1.54, 1.807) is 0 Å². The highest BCUT2D eigenvalue weighted by atomic mass is 16.5. The zero-order valence-corrected chi connectivity index (χ0v) is 20.0. The molecule has 1 N–H and O–H groups in total. The van der Waals surface area contributed by atoms with Gasteiger partial charge in [0.05, 0.1) is 19.0 Å². The topological polar surface area (TPSA) is 91.6 Å². The molecule has 0 bridgehead atoms. The minimum absolute atomic E-state index is 0.0402. The summed E-state index contributed by atoms with van der Waals surface area (Å²) in [5.74, 6) is 1.05. The Hall–Kier alpha value is -3.52. The zero-order chi connectivity index (χ0) is 24.1. The number of hydrogen-bond acceptors (Lipinski definition) is 6. The van der Waals surface area contributed by atoms with Gasteiger partial charge in [-0.05, 0) is 19.4 Å². The maximum absolute atomic E-state index is 13.0. The van der Waals surface area contributed by atoms with Gasteiger partial charge in [-0.15, -0.1) is 0 Å². The lowest BCUT2D eigenvalue weighted by molar-refractivity contribution is -0.133. The molecule has 2 amide bonds. The Morgan fingerprint density at radius 3 is 2.21 bits per heavy atom. The Morgan fingerprint density at radius 1 is 0.971 bits per heavy atom. The summed E-state index contributed by atoms with van der Waals surface area (Å²) in [6.45, 7) is 8.78. The molecule has 1 fully saturated rings. The second-order valence-electron chi connectivity index (χ2n) is 8.90. The summed E-state index contributed by atoms with van der Waals surface area (Å²) in [6, 6.07) is 15.6. The average Bonchev–Trinajstić information content (AvgIpc) is 3.28. The minimum atomic E-state index is -0.331. The molecule has 2 aromatic carbocycles. The van der Waals surface area contributed by atoms with Gasteiger partial charge in [0, 0.05) is 38.7 Å². The van der Waals surface area contributed by atoms with E-state index in [1.165, 1.54) is 12.5 Å². The number of nitrogens with one attached hydrogen (secondary N) is 1. The van der Waals surface area contributed by atoms with Crippen LogP contribution in [0.5, 0.6) is 0 Å². The highest BCUT2D eigenvalue weighted by Crippen LogP contribution is 2.20. The average molecular weight is 462 g/mol. The first-order valence-electron chi connectivity index (χ1n) is 11.6. The maximum Gasteiger partial charge on any atom is 0.241 e. The van der Waals surface area contributed by atoms with Crippen LogP contribution in [0.15, 0.2) is 53.1 Å². The van der Waals surface area contributed by atoms with Crippen molar-refractivity contribution >= 4 is 11.8 Å². The molecule has 0 aliphatic carbocycles. The number of amides is 2. The van der Waals surface area contributed by atoms with Gasteiger partial charge in [0.25, 0.3) is 0 Å². The van der Waals surface area contributed by atoms with Crippen molar-refractivity contribution in [3.8, 4) is 11.4 Å². The lowest BCUT2D eigenvalue weighted by Crippen LogP contribution is -2.49. The first-order chi connectivity index (χ1) is 16.4. The van der Waals surface area contributed by atoms with Crippen molar-refractivity contribution in [3.63, 3.8) is 0 Å². The maximum atomic E-state index is 13.0. The van der Waals surface area contributed by atoms with Crippen LogP contribution in [-0.2, 0) is 16.1 Å². The monoisotopic (exact) mass is 461 g/mol. The van der Waals surface area contributed by atoms with E-state index in [0.717, 1.165) is 29.8 Å². The van der Waals surface area contributed by atoms with Gasteiger partial charge >= 0.3 is 0 Å². The third kappa shape index (κ3) is 6.08. The summed E-state index contributed by atoms with van der Waals surface area (Å²) < 4.78 is 5.45. The van der Waals surface area contributed by atoms with Crippen molar-refractivity contribution in [2.75, 3.05) is 26.2 Å². The van der Waals surface area contributed by atoms with E-state index in [9.17, 15) is 9.59 Å².